The number of hydrogen-bond donors (Lipinski definition) is 2. The minimum Gasteiger partial charge on any atom is -0.480 e. The molecule has 0 aromatic carbocycles. The van der Waals surface area contributed by atoms with Crippen LogP contribution in [0.3, 0.4) is 0 Å². The molecule has 1 saturated carbocycles. The summed E-state index contributed by atoms with van der Waals surface area (Å²) in [6.45, 7) is 6.99. The van der Waals surface area contributed by atoms with E-state index in [4.69, 9.17) is 15.6 Å². The lowest BCUT2D eigenvalue weighted by atomic mass is 9.82. The van der Waals surface area contributed by atoms with Gasteiger partial charge < -0.3 is 15.6 Å². The smallest absolute Gasteiger partial charge is 0.323 e. The fraction of sp³-hybridized carbons (Fsp3) is 0.933. The van der Waals surface area contributed by atoms with Gasteiger partial charge in [0.05, 0.1) is 6.10 Å². The van der Waals surface area contributed by atoms with Crippen LogP contribution < -0.4 is 5.73 Å². The molecule has 0 spiro atoms. The first-order chi connectivity index (χ1) is 8.87. The number of carbonyl (C=O) groups is 1. The standard InChI is InChI=1S/C15H29NO3/c1-4-15(16,14(17)18)6-5-7-19-13-9-11(2)8-12(3)10-13/h11-13H,4-10,16H2,1-3H3,(H,17,18). The van der Waals surface area contributed by atoms with E-state index in [0.29, 0.717) is 25.6 Å². The Morgan fingerprint density at radius 2 is 1.89 bits per heavy atom. The van der Waals surface area contributed by atoms with Crippen LogP contribution in [0.2, 0.25) is 0 Å². The molecule has 3 N–H and O–H groups in total. The molecule has 3 unspecified atom stereocenters. The molecule has 19 heavy (non-hydrogen) atoms. The van der Waals surface area contributed by atoms with Gasteiger partial charge in [0.15, 0.2) is 0 Å². The topological polar surface area (TPSA) is 72.5 Å². The molecule has 1 aliphatic rings. The first kappa shape index (κ1) is 16.4. The summed E-state index contributed by atoms with van der Waals surface area (Å²) in [4.78, 5) is 11.1. The first-order valence-electron chi connectivity index (χ1n) is 7.51. The molecule has 112 valence electrons. The maximum Gasteiger partial charge on any atom is 0.323 e. The third kappa shape index (κ3) is 5.11. The fourth-order valence-electron chi connectivity index (χ4n) is 3.08. The number of carboxylic acids is 1. The van der Waals surface area contributed by atoms with Gasteiger partial charge in [0.2, 0.25) is 0 Å². The van der Waals surface area contributed by atoms with E-state index >= 15 is 0 Å². The van der Waals surface area contributed by atoms with Gasteiger partial charge in [-0.1, -0.05) is 20.8 Å². The van der Waals surface area contributed by atoms with Gasteiger partial charge in [-0.15, -0.1) is 0 Å². The average Bonchev–Trinajstić information content (AvgIpc) is 2.33. The second-order valence-electron chi connectivity index (χ2n) is 6.33. The zero-order chi connectivity index (χ0) is 14.5. The molecule has 0 amide bonds. The quantitative estimate of drug-likeness (QED) is 0.698. The average molecular weight is 271 g/mol. The van der Waals surface area contributed by atoms with Crippen LogP contribution in [-0.4, -0.2) is 29.3 Å². The third-order valence-electron chi connectivity index (χ3n) is 4.31. The number of ether oxygens (including phenoxy) is 1. The Bertz CT molecular complexity index is 285. The molecule has 1 rings (SSSR count). The van der Waals surface area contributed by atoms with Crippen LogP contribution in [0.25, 0.3) is 0 Å². The van der Waals surface area contributed by atoms with E-state index in [-0.39, 0.29) is 0 Å². The largest absolute Gasteiger partial charge is 0.480 e. The number of nitrogens with two attached hydrogens (primary N) is 1. The molecule has 0 heterocycles. The van der Waals surface area contributed by atoms with Crippen molar-refractivity contribution in [2.75, 3.05) is 6.61 Å². The Balaban J connectivity index is 2.25. The lowest BCUT2D eigenvalue weighted by Gasteiger charge is -2.31. The van der Waals surface area contributed by atoms with Crippen molar-refractivity contribution >= 4 is 5.97 Å². The van der Waals surface area contributed by atoms with E-state index in [9.17, 15) is 4.79 Å². The van der Waals surface area contributed by atoms with E-state index < -0.39 is 11.5 Å². The normalized spacial score (nSPS) is 30.8. The van der Waals surface area contributed by atoms with Crippen molar-refractivity contribution in [3.63, 3.8) is 0 Å². The highest BCUT2D eigenvalue weighted by Crippen LogP contribution is 2.30. The first-order valence-corrected chi connectivity index (χ1v) is 7.51. The van der Waals surface area contributed by atoms with Gasteiger partial charge in [-0.25, -0.2) is 0 Å². The Morgan fingerprint density at radius 1 is 1.32 bits per heavy atom. The Kier molecular flexibility index (Phi) is 6.27. The second-order valence-corrected chi connectivity index (χ2v) is 6.33. The van der Waals surface area contributed by atoms with Crippen molar-refractivity contribution in [2.24, 2.45) is 17.6 Å². The predicted octanol–water partition coefficient (Wildman–Crippen LogP) is 2.80. The van der Waals surface area contributed by atoms with Crippen LogP contribution >= 0.6 is 0 Å². The van der Waals surface area contributed by atoms with Crippen molar-refractivity contribution < 1.29 is 14.6 Å². The molecule has 0 aromatic heterocycles. The van der Waals surface area contributed by atoms with Crippen LogP contribution in [0.5, 0.6) is 0 Å². The SMILES string of the molecule is CCC(N)(CCCOC1CC(C)CC(C)C1)C(=O)O. The van der Waals surface area contributed by atoms with Gasteiger partial charge in [-0.3, -0.25) is 4.79 Å². The highest BCUT2D eigenvalue weighted by Gasteiger charge is 2.31. The van der Waals surface area contributed by atoms with Crippen molar-refractivity contribution in [1.82, 2.24) is 0 Å². The van der Waals surface area contributed by atoms with Gasteiger partial charge >= 0.3 is 5.97 Å². The lowest BCUT2D eigenvalue weighted by molar-refractivity contribution is -0.144. The molecule has 0 radical (unpaired) electrons. The number of carboxylic acid groups (broad SMARTS) is 1. The maximum atomic E-state index is 11.1. The van der Waals surface area contributed by atoms with E-state index in [0.717, 1.165) is 31.1 Å². The zero-order valence-corrected chi connectivity index (χ0v) is 12.5. The number of hydrogen-bond acceptors (Lipinski definition) is 3. The molecule has 1 fully saturated rings. The minimum atomic E-state index is -1.09. The summed E-state index contributed by atoms with van der Waals surface area (Å²) in [7, 11) is 0. The van der Waals surface area contributed by atoms with Crippen molar-refractivity contribution in [3.05, 3.63) is 0 Å². The monoisotopic (exact) mass is 271 g/mol. The van der Waals surface area contributed by atoms with Crippen LogP contribution in [0, 0.1) is 11.8 Å². The maximum absolute atomic E-state index is 11.1. The van der Waals surface area contributed by atoms with Crippen LogP contribution in [0.1, 0.15) is 59.3 Å². The van der Waals surface area contributed by atoms with Gasteiger partial charge in [0.25, 0.3) is 0 Å². The molecular formula is C15H29NO3. The third-order valence-corrected chi connectivity index (χ3v) is 4.31. The zero-order valence-electron chi connectivity index (χ0n) is 12.5. The number of aliphatic carboxylic acids is 1. The molecular weight excluding hydrogens is 242 g/mol. The Morgan fingerprint density at radius 3 is 2.37 bits per heavy atom. The van der Waals surface area contributed by atoms with Gasteiger partial charge in [-0.05, 0) is 50.4 Å². The molecule has 3 atom stereocenters. The molecule has 0 saturated heterocycles. The van der Waals surface area contributed by atoms with E-state index in [1.54, 1.807) is 0 Å². The molecule has 1 aliphatic carbocycles. The van der Waals surface area contributed by atoms with Crippen molar-refractivity contribution in [2.45, 2.75) is 70.9 Å². The summed E-state index contributed by atoms with van der Waals surface area (Å²) >= 11 is 0. The van der Waals surface area contributed by atoms with E-state index in [1.165, 1.54) is 6.42 Å². The summed E-state index contributed by atoms with van der Waals surface area (Å²) in [5.74, 6) is 0.559. The number of rotatable bonds is 7. The summed E-state index contributed by atoms with van der Waals surface area (Å²) in [6.07, 6.45) is 5.56. The highest BCUT2D eigenvalue weighted by molar-refractivity contribution is 5.78. The van der Waals surface area contributed by atoms with Crippen LogP contribution in [0.4, 0.5) is 0 Å². The van der Waals surface area contributed by atoms with Gasteiger partial charge in [-0.2, -0.15) is 0 Å². The van der Waals surface area contributed by atoms with Gasteiger partial charge in [0.1, 0.15) is 5.54 Å². The predicted molar refractivity (Wildman–Crippen MR) is 76.0 cm³/mol. The van der Waals surface area contributed by atoms with Crippen LogP contribution in [0.15, 0.2) is 0 Å². The molecule has 0 aliphatic heterocycles. The molecule has 0 aromatic rings. The van der Waals surface area contributed by atoms with Crippen LogP contribution in [-0.2, 0) is 9.53 Å². The summed E-state index contributed by atoms with van der Waals surface area (Å²) in [5.41, 5.74) is 4.76. The highest BCUT2D eigenvalue weighted by atomic mass is 16.5. The molecule has 4 nitrogen and oxygen atoms in total. The summed E-state index contributed by atoms with van der Waals surface area (Å²) in [5, 5.41) is 9.08. The molecule has 0 bridgehead atoms. The summed E-state index contributed by atoms with van der Waals surface area (Å²) < 4.78 is 5.89. The molecule has 4 heteroatoms. The fourth-order valence-corrected chi connectivity index (χ4v) is 3.08. The lowest BCUT2D eigenvalue weighted by Crippen LogP contribution is -2.47. The van der Waals surface area contributed by atoms with Gasteiger partial charge in [0, 0.05) is 6.61 Å². The van der Waals surface area contributed by atoms with Crippen molar-refractivity contribution in [1.29, 1.82) is 0 Å². The Labute approximate surface area is 116 Å². The Hall–Kier alpha value is -0.610. The van der Waals surface area contributed by atoms with E-state index in [2.05, 4.69) is 13.8 Å². The van der Waals surface area contributed by atoms with Crippen molar-refractivity contribution in [3.8, 4) is 0 Å². The summed E-state index contributed by atoms with van der Waals surface area (Å²) in [6, 6.07) is 0. The second kappa shape index (κ2) is 7.25. The minimum absolute atomic E-state index is 0.345. The van der Waals surface area contributed by atoms with E-state index in [1.807, 2.05) is 6.92 Å².